The highest BCUT2D eigenvalue weighted by atomic mass is 32.2. The van der Waals surface area contributed by atoms with Crippen LogP contribution in [0.25, 0.3) is 0 Å². The molecular formula is C16H17FN4O2S. The lowest BCUT2D eigenvalue weighted by Gasteiger charge is -2.17. The summed E-state index contributed by atoms with van der Waals surface area (Å²) < 4.78 is 18.3. The molecule has 1 amide bonds. The number of hydrogen-bond acceptors (Lipinski definition) is 6. The Labute approximate surface area is 143 Å². The molecule has 2 aromatic rings. The summed E-state index contributed by atoms with van der Waals surface area (Å²) in [5.74, 6) is -0.263. The van der Waals surface area contributed by atoms with E-state index in [2.05, 4.69) is 15.0 Å². The van der Waals surface area contributed by atoms with E-state index >= 15 is 0 Å². The van der Waals surface area contributed by atoms with Crippen LogP contribution in [-0.4, -0.2) is 22.5 Å². The summed E-state index contributed by atoms with van der Waals surface area (Å²) in [6.45, 7) is 2.37. The first-order valence-electron chi connectivity index (χ1n) is 7.51. The molecule has 24 heavy (non-hydrogen) atoms. The number of phenolic OH excluding ortho intramolecular Hbond substituents is 1. The van der Waals surface area contributed by atoms with Gasteiger partial charge in [0, 0.05) is 12.7 Å². The molecule has 0 radical (unpaired) electrons. The van der Waals surface area contributed by atoms with Crippen LogP contribution < -0.4 is 14.3 Å². The molecular weight excluding hydrogens is 331 g/mol. The molecule has 0 spiro atoms. The van der Waals surface area contributed by atoms with E-state index in [0.29, 0.717) is 12.1 Å². The molecule has 126 valence electrons. The molecule has 1 aromatic heterocycles. The van der Waals surface area contributed by atoms with Crippen LogP contribution in [0.4, 0.5) is 15.9 Å². The van der Waals surface area contributed by atoms with Crippen molar-refractivity contribution < 1.29 is 14.3 Å². The molecule has 1 saturated heterocycles. The van der Waals surface area contributed by atoms with Crippen LogP contribution in [0.1, 0.15) is 18.1 Å². The van der Waals surface area contributed by atoms with Crippen molar-refractivity contribution in [1.82, 2.24) is 9.71 Å². The second-order valence-electron chi connectivity index (χ2n) is 5.32. The highest BCUT2D eigenvalue weighted by Gasteiger charge is 2.26. The summed E-state index contributed by atoms with van der Waals surface area (Å²) in [5.41, 5.74) is 1.66. The van der Waals surface area contributed by atoms with Gasteiger partial charge in [-0.3, -0.25) is 13.8 Å². The minimum absolute atomic E-state index is 0.000534. The zero-order valence-corrected chi connectivity index (χ0v) is 13.9. The molecule has 1 aliphatic heterocycles. The minimum atomic E-state index is -0.576. The maximum absolute atomic E-state index is 14.4. The molecule has 1 fully saturated rings. The number of pyridine rings is 1. The van der Waals surface area contributed by atoms with Gasteiger partial charge in [-0.05, 0) is 35.7 Å². The van der Waals surface area contributed by atoms with E-state index in [9.17, 15) is 14.3 Å². The standard InChI is InChI=1S/C16H17FN4O2S/c1-2-11-4-3-5-18-16(11)19-8-10-6-12(17)15(13(22)7-10)21-9-14(23)20-24-21/h3-7,22H,2,8-9H2,1H3,(H,18,19)(H,20,23). The largest absolute Gasteiger partial charge is 0.506 e. The van der Waals surface area contributed by atoms with Gasteiger partial charge in [0.05, 0.1) is 12.1 Å². The molecule has 3 rings (SSSR count). The number of carbonyl (C=O) groups is 1. The number of nitrogens with zero attached hydrogens (tertiary/aromatic N) is 2. The van der Waals surface area contributed by atoms with Crippen LogP contribution in [0, 0.1) is 5.82 Å². The molecule has 3 N–H and O–H groups in total. The fourth-order valence-corrected chi connectivity index (χ4v) is 3.21. The number of aryl methyl sites for hydroxylation is 1. The lowest BCUT2D eigenvalue weighted by molar-refractivity contribution is -0.117. The van der Waals surface area contributed by atoms with Crippen molar-refractivity contribution >= 4 is 29.5 Å². The van der Waals surface area contributed by atoms with Crippen molar-refractivity contribution in [2.75, 3.05) is 16.2 Å². The zero-order valence-electron chi connectivity index (χ0n) is 13.0. The van der Waals surface area contributed by atoms with Gasteiger partial charge in [-0.1, -0.05) is 13.0 Å². The number of benzene rings is 1. The lowest BCUT2D eigenvalue weighted by atomic mass is 10.1. The van der Waals surface area contributed by atoms with Crippen molar-refractivity contribution in [3.05, 3.63) is 47.4 Å². The molecule has 6 nitrogen and oxygen atoms in total. The molecule has 1 aliphatic rings. The number of phenols is 1. The Morgan fingerprint density at radius 3 is 3.00 bits per heavy atom. The maximum Gasteiger partial charge on any atom is 0.251 e. The number of nitrogens with one attached hydrogen (secondary N) is 2. The topological polar surface area (TPSA) is 77.5 Å². The molecule has 1 aromatic carbocycles. The van der Waals surface area contributed by atoms with Gasteiger partial charge in [0.25, 0.3) is 5.91 Å². The second kappa shape index (κ2) is 6.96. The quantitative estimate of drug-likeness (QED) is 0.721. The number of aromatic hydroxyl groups is 1. The predicted molar refractivity (Wildman–Crippen MR) is 92.1 cm³/mol. The molecule has 8 heteroatoms. The molecule has 0 bridgehead atoms. The average molecular weight is 348 g/mol. The third-order valence-electron chi connectivity index (χ3n) is 3.64. The predicted octanol–water partition coefficient (Wildman–Crippen LogP) is 2.60. The number of halogens is 1. The zero-order chi connectivity index (χ0) is 17.1. The van der Waals surface area contributed by atoms with E-state index in [4.69, 9.17) is 0 Å². The SMILES string of the molecule is CCc1cccnc1NCc1cc(O)c(N2CC(=O)NS2)c(F)c1. The minimum Gasteiger partial charge on any atom is -0.506 e. The van der Waals surface area contributed by atoms with Crippen molar-refractivity contribution in [3.63, 3.8) is 0 Å². The molecule has 0 unspecified atom stereocenters. The Kier molecular flexibility index (Phi) is 4.75. The fourth-order valence-electron chi connectivity index (χ4n) is 2.48. The number of carbonyl (C=O) groups excluding carboxylic acids is 1. The molecule has 0 atom stereocenters. The van der Waals surface area contributed by atoms with E-state index in [1.807, 2.05) is 19.1 Å². The first-order chi connectivity index (χ1) is 11.6. The van der Waals surface area contributed by atoms with Gasteiger partial charge < -0.3 is 10.4 Å². The third-order valence-corrected chi connectivity index (χ3v) is 4.49. The van der Waals surface area contributed by atoms with E-state index in [1.54, 1.807) is 6.20 Å². The van der Waals surface area contributed by atoms with E-state index in [0.717, 1.165) is 29.9 Å². The average Bonchev–Trinajstić information content (AvgIpc) is 2.98. The summed E-state index contributed by atoms with van der Waals surface area (Å²) in [5, 5.41) is 13.3. The summed E-state index contributed by atoms with van der Waals surface area (Å²) in [7, 11) is 0. The van der Waals surface area contributed by atoms with Crippen LogP contribution >= 0.6 is 12.1 Å². The molecule has 2 heterocycles. The first kappa shape index (κ1) is 16.4. The fraction of sp³-hybridized carbons (Fsp3) is 0.250. The van der Waals surface area contributed by atoms with Crippen LogP contribution in [0.2, 0.25) is 0 Å². The summed E-state index contributed by atoms with van der Waals surface area (Å²) in [6.07, 6.45) is 2.53. The van der Waals surface area contributed by atoms with Crippen LogP contribution in [0.5, 0.6) is 5.75 Å². The number of rotatable bonds is 5. The van der Waals surface area contributed by atoms with E-state index < -0.39 is 5.82 Å². The lowest BCUT2D eigenvalue weighted by Crippen LogP contribution is -2.16. The van der Waals surface area contributed by atoms with Gasteiger partial charge in [-0.25, -0.2) is 9.37 Å². The van der Waals surface area contributed by atoms with Crippen molar-refractivity contribution in [1.29, 1.82) is 0 Å². The van der Waals surface area contributed by atoms with Gasteiger partial charge in [0.15, 0.2) is 5.82 Å². The van der Waals surface area contributed by atoms with Crippen molar-refractivity contribution in [2.24, 2.45) is 0 Å². The number of aromatic nitrogens is 1. The molecule has 0 aliphatic carbocycles. The van der Waals surface area contributed by atoms with Gasteiger partial charge in [-0.15, -0.1) is 0 Å². The highest BCUT2D eigenvalue weighted by Crippen LogP contribution is 2.36. The van der Waals surface area contributed by atoms with Crippen molar-refractivity contribution in [2.45, 2.75) is 19.9 Å². The van der Waals surface area contributed by atoms with Crippen molar-refractivity contribution in [3.8, 4) is 5.75 Å². The third kappa shape index (κ3) is 3.38. The summed E-state index contributed by atoms with van der Waals surface area (Å²) in [4.78, 5) is 15.5. The number of hydrogen-bond donors (Lipinski definition) is 3. The Morgan fingerprint density at radius 1 is 1.50 bits per heavy atom. The Hall–Kier alpha value is -2.48. The van der Waals surface area contributed by atoms with Gasteiger partial charge in [0.2, 0.25) is 0 Å². The Morgan fingerprint density at radius 2 is 2.33 bits per heavy atom. The normalized spacial score (nSPS) is 13.9. The monoisotopic (exact) mass is 348 g/mol. The molecule has 0 saturated carbocycles. The first-order valence-corrected chi connectivity index (χ1v) is 8.28. The van der Waals surface area contributed by atoms with Gasteiger partial charge in [0.1, 0.15) is 23.8 Å². The Balaban J connectivity index is 1.77. The maximum atomic E-state index is 14.4. The summed E-state index contributed by atoms with van der Waals surface area (Å²) >= 11 is 0.961. The smallest absolute Gasteiger partial charge is 0.251 e. The number of amides is 1. The van der Waals surface area contributed by atoms with Gasteiger partial charge >= 0.3 is 0 Å². The van der Waals surface area contributed by atoms with E-state index in [-0.39, 0.29) is 23.9 Å². The van der Waals surface area contributed by atoms with Gasteiger partial charge in [-0.2, -0.15) is 0 Å². The van der Waals surface area contributed by atoms with Crippen LogP contribution in [0.15, 0.2) is 30.5 Å². The van der Waals surface area contributed by atoms with Crippen LogP contribution in [-0.2, 0) is 17.8 Å². The number of anilines is 2. The summed E-state index contributed by atoms with van der Waals surface area (Å²) in [6, 6.07) is 6.68. The van der Waals surface area contributed by atoms with E-state index in [1.165, 1.54) is 16.4 Å². The van der Waals surface area contributed by atoms with Crippen LogP contribution in [0.3, 0.4) is 0 Å². The second-order valence-corrected chi connectivity index (χ2v) is 6.14. The Bertz CT molecular complexity index is 748. The highest BCUT2D eigenvalue weighted by molar-refractivity contribution is 7.99.